The van der Waals surface area contributed by atoms with E-state index in [1.807, 2.05) is 28.8 Å². The number of carbonyl (C=O) groups is 1. The van der Waals surface area contributed by atoms with Crippen molar-refractivity contribution in [2.45, 2.75) is 38.6 Å². The Hall–Kier alpha value is -1.64. The van der Waals surface area contributed by atoms with Gasteiger partial charge in [0.05, 0.1) is 23.9 Å². The van der Waals surface area contributed by atoms with Gasteiger partial charge in [0.1, 0.15) is 0 Å². The van der Waals surface area contributed by atoms with Crippen molar-refractivity contribution in [3.05, 3.63) is 30.6 Å². The van der Waals surface area contributed by atoms with Crippen LogP contribution in [0.5, 0.6) is 0 Å². The molecule has 94 valence electrons. The first-order valence-corrected chi connectivity index (χ1v) is 6.77. The molecule has 1 heterocycles. The van der Waals surface area contributed by atoms with Gasteiger partial charge in [-0.05, 0) is 25.0 Å². The molecular formula is C15H18N2O. The van der Waals surface area contributed by atoms with Crippen LogP contribution in [0.15, 0.2) is 30.6 Å². The summed E-state index contributed by atoms with van der Waals surface area (Å²) in [6.07, 6.45) is 7.64. The molecule has 1 aliphatic carbocycles. The first kappa shape index (κ1) is 11.5. The fourth-order valence-corrected chi connectivity index (χ4v) is 2.86. The topological polar surface area (TPSA) is 34.9 Å². The monoisotopic (exact) mass is 242 g/mol. The van der Waals surface area contributed by atoms with E-state index in [2.05, 4.69) is 4.98 Å². The third-order valence-corrected chi connectivity index (χ3v) is 3.91. The molecule has 1 fully saturated rings. The molecular weight excluding hydrogens is 224 g/mol. The number of fused-ring (bicyclic) bond motifs is 1. The van der Waals surface area contributed by atoms with Crippen LogP contribution < -0.4 is 0 Å². The van der Waals surface area contributed by atoms with Crippen LogP contribution in [0.25, 0.3) is 11.0 Å². The third kappa shape index (κ3) is 2.17. The number of Topliss-reactive ketones (excluding diaryl/α,β-unsaturated/α-hetero) is 1. The minimum atomic E-state index is 0.278. The van der Waals surface area contributed by atoms with E-state index in [4.69, 9.17) is 0 Å². The number of carbonyl (C=O) groups excluding carboxylic acids is 1. The van der Waals surface area contributed by atoms with Crippen molar-refractivity contribution in [3.63, 3.8) is 0 Å². The SMILES string of the molecule is O=C(Cn1cnc2ccccc21)C1CCCCC1. The summed E-state index contributed by atoms with van der Waals surface area (Å²) in [5, 5.41) is 0. The summed E-state index contributed by atoms with van der Waals surface area (Å²) in [7, 11) is 0. The van der Waals surface area contributed by atoms with Crippen LogP contribution in [-0.2, 0) is 11.3 Å². The molecule has 3 heteroatoms. The van der Waals surface area contributed by atoms with Gasteiger partial charge in [0.25, 0.3) is 0 Å². The van der Waals surface area contributed by atoms with Gasteiger partial charge in [0, 0.05) is 5.92 Å². The standard InChI is InChI=1S/C15H18N2O/c18-15(12-6-2-1-3-7-12)10-17-11-16-13-8-4-5-9-14(13)17/h4-5,8-9,11-12H,1-3,6-7,10H2. The Morgan fingerprint density at radius 3 is 2.83 bits per heavy atom. The number of rotatable bonds is 3. The van der Waals surface area contributed by atoms with Gasteiger partial charge in [-0.1, -0.05) is 31.4 Å². The molecule has 1 aliphatic rings. The lowest BCUT2D eigenvalue weighted by atomic mass is 9.86. The summed E-state index contributed by atoms with van der Waals surface area (Å²) in [5.74, 6) is 0.651. The maximum atomic E-state index is 12.3. The molecule has 0 unspecified atom stereocenters. The van der Waals surface area contributed by atoms with E-state index < -0.39 is 0 Å². The highest BCUT2D eigenvalue weighted by atomic mass is 16.1. The predicted molar refractivity (Wildman–Crippen MR) is 71.3 cm³/mol. The minimum absolute atomic E-state index is 0.278. The van der Waals surface area contributed by atoms with Gasteiger partial charge in [-0.2, -0.15) is 0 Å². The fourth-order valence-electron chi connectivity index (χ4n) is 2.86. The van der Waals surface area contributed by atoms with Gasteiger partial charge in [0.2, 0.25) is 0 Å². The second-order valence-electron chi connectivity index (χ2n) is 5.16. The lowest BCUT2D eigenvalue weighted by Crippen LogP contribution is -2.22. The van der Waals surface area contributed by atoms with E-state index in [0.717, 1.165) is 23.9 Å². The van der Waals surface area contributed by atoms with Crippen LogP contribution in [0.4, 0.5) is 0 Å². The van der Waals surface area contributed by atoms with Gasteiger partial charge in [0.15, 0.2) is 5.78 Å². The van der Waals surface area contributed by atoms with Crippen molar-refractivity contribution in [2.24, 2.45) is 5.92 Å². The molecule has 1 aromatic carbocycles. The Balaban J connectivity index is 1.77. The number of aromatic nitrogens is 2. The number of hydrogen-bond acceptors (Lipinski definition) is 2. The first-order chi connectivity index (χ1) is 8.84. The summed E-state index contributed by atoms with van der Waals surface area (Å²) in [6, 6.07) is 7.97. The van der Waals surface area contributed by atoms with E-state index in [9.17, 15) is 4.79 Å². The molecule has 0 amide bonds. The molecule has 1 aromatic heterocycles. The number of hydrogen-bond donors (Lipinski definition) is 0. The predicted octanol–water partition coefficient (Wildman–Crippen LogP) is 3.19. The summed E-state index contributed by atoms with van der Waals surface area (Å²) >= 11 is 0. The lowest BCUT2D eigenvalue weighted by Gasteiger charge is -2.20. The van der Waals surface area contributed by atoms with Gasteiger partial charge in [-0.15, -0.1) is 0 Å². The Morgan fingerprint density at radius 2 is 2.00 bits per heavy atom. The molecule has 18 heavy (non-hydrogen) atoms. The second kappa shape index (κ2) is 4.92. The van der Waals surface area contributed by atoms with Crippen LogP contribution in [0.1, 0.15) is 32.1 Å². The number of nitrogens with zero attached hydrogens (tertiary/aromatic N) is 2. The zero-order chi connectivity index (χ0) is 12.4. The highest BCUT2D eigenvalue weighted by Gasteiger charge is 2.21. The van der Waals surface area contributed by atoms with Crippen molar-refractivity contribution in [2.75, 3.05) is 0 Å². The Kier molecular flexibility index (Phi) is 3.13. The largest absolute Gasteiger partial charge is 0.323 e. The van der Waals surface area contributed by atoms with E-state index in [1.165, 1.54) is 19.3 Å². The fraction of sp³-hybridized carbons (Fsp3) is 0.467. The Labute approximate surface area is 107 Å². The summed E-state index contributed by atoms with van der Waals surface area (Å²) in [6.45, 7) is 0.477. The van der Waals surface area contributed by atoms with Gasteiger partial charge in [-0.3, -0.25) is 4.79 Å². The summed E-state index contributed by atoms with van der Waals surface area (Å²) in [5.41, 5.74) is 2.02. The zero-order valence-electron chi connectivity index (χ0n) is 10.5. The Bertz CT molecular complexity index is 552. The molecule has 0 saturated heterocycles. The molecule has 3 rings (SSSR count). The average molecular weight is 242 g/mol. The average Bonchev–Trinajstić information content (AvgIpc) is 2.83. The van der Waals surface area contributed by atoms with Gasteiger partial charge < -0.3 is 4.57 Å². The minimum Gasteiger partial charge on any atom is -0.323 e. The second-order valence-corrected chi connectivity index (χ2v) is 5.16. The van der Waals surface area contributed by atoms with Crippen LogP contribution in [-0.4, -0.2) is 15.3 Å². The molecule has 0 aliphatic heterocycles. The smallest absolute Gasteiger partial charge is 0.155 e. The number of ketones is 1. The van der Waals surface area contributed by atoms with E-state index >= 15 is 0 Å². The first-order valence-electron chi connectivity index (χ1n) is 6.77. The molecule has 0 radical (unpaired) electrons. The van der Waals surface area contributed by atoms with E-state index in [0.29, 0.717) is 12.3 Å². The lowest BCUT2D eigenvalue weighted by molar-refractivity contribution is -0.124. The van der Waals surface area contributed by atoms with E-state index in [1.54, 1.807) is 6.33 Å². The van der Waals surface area contributed by atoms with Crippen molar-refractivity contribution < 1.29 is 4.79 Å². The third-order valence-electron chi connectivity index (χ3n) is 3.91. The number of para-hydroxylation sites is 2. The van der Waals surface area contributed by atoms with Crippen LogP contribution in [0.2, 0.25) is 0 Å². The summed E-state index contributed by atoms with van der Waals surface area (Å²) in [4.78, 5) is 16.6. The van der Waals surface area contributed by atoms with Crippen molar-refractivity contribution in [1.82, 2.24) is 9.55 Å². The van der Waals surface area contributed by atoms with Crippen molar-refractivity contribution >= 4 is 16.8 Å². The molecule has 0 N–H and O–H groups in total. The van der Waals surface area contributed by atoms with E-state index in [-0.39, 0.29) is 5.92 Å². The number of imidazole rings is 1. The summed E-state index contributed by atoms with van der Waals surface area (Å²) < 4.78 is 1.98. The number of benzene rings is 1. The van der Waals surface area contributed by atoms with Gasteiger partial charge in [-0.25, -0.2) is 4.98 Å². The van der Waals surface area contributed by atoms with Crippen LogP contribution in [0.3, 0.4) is 0 Å². The van der Waals surface area contributed by atoms with Crippen LogP contribution in [0, 0.1) is 5.92 Å². The van der Waals surface area contributed by atoms with Crippen LogP contribution >= 0.6 is 0 Å². The maximum Gasteiger partial charge on any atom is 0.155 e. The highest BCUT2D eigenvalue weighted by molar-refractivity contribution is 5.83. The normalized spacial score (nSPS) is 17.1. The quantitative estimate of drug-likeness (QED) is 0.828. The molecule has 1 saturated carbocycles. The molecule has 0 bridgehead atoms. The molecule has 0 spiro atoms. The zero-order valence-corrected chi connectivity index (χ0v) is 10.5. The molecule has 2 aromatic rings. The Morgan fingerprint density at radius 1 is 1.22 bits per heavy atom. The molecule has 0 atom stereocenters. The highest BCUT2D eigenvalue weighted by Crippen LogP contribution is 2.25. The maximum absolute atomic E-state index is 12.3. The van der Waals surface area contributed by atoms with Gasteiger partial charge >= 0.3 is 0 Å². The van der Waals surface area contributed by atoms with Crippen molar-refractivity contribution in [3.8, 4) is 0 Å². The molecule has 3 nitrogen and oxygen atoms in total. The van der Waals surface area contributed by atoms with Crippen molar-refractivity contribution in [1.29, 1.82) is 0 Å².